The molecule has 132 valence electrons. The van der Waals surface area contributed by atoms with E-state index in [0.717, 1.165) is 11.3 Å². The van der Waals surface area contributed by atoms with E-state index >= 15 is 0 Å². The summed E-state index contributed by atoms with van der Waals surface area (Å²) in [5, 5.41) is 2.76. The van der Waals surface area contributed by atoms with Crippen LogP contribution in [0.3, 0.4) is 0 Å². The number of ether oxygens (including phenoxy) is 2. The second-order valence-corrected chi connectivity index (χ2v) is 5.29. The number of benzene rings is 1. The van der Waals surface area contributed by atoms with Crippen LogP contribution in [0.25, 0.3) is 0 Å². The minimum atomic E-state index is -0.281. The highest BCUT2D eigenvalue weighted by molar-refractivity contribution is 5.91. The van der Waals surface area contributed by atoms with E-state index in [9.17, 15) is 4.79 Å². The summed E-state index contributed by atoms with van der Waals surface area (Å²) in [4.78, 5) is 23.9. The summed E-state index contributed by atoms with van der Waals surface area (Å²) in [5.41, 5.74) is 1.13. The van der Waals surface area contributed by atoms with E-state index in [1.165, 1.54) is 18.6 Å². The maximum Gasteiger partial charge on any atom is 0.271 e. The fourth-order valence-electron chi connectivity index (χ4n) is 2.11. The zero-order chi connectivity index (χ0) is 18.0. The summed E-state index contributed by atoms with van der Waals surface area (Å²) in [6.45, 7) is 1.17. The molecule has 0 radical (unpaired) electrons. The number of hydrogen-bond donors (Lipinski definition) is 1. The summed E-state index contributed by atoms with van der Waals surface area (Å²) >= 11 is 0. The van der Waals surface area contributed by atoms with Gasteiger partial charge in [0.15, 0.2) is 0 Å². The van der Waals surface area contributed by atoms with E-state index in [2.05, 4.69) is 20.3 Å². The third kappa shape index (κ3) is 5.27. The fraction of sp³-hybridized carbons (Fsp3) is 0.158. The van der Waals surface area contributed by atoms with Gasteiger partial charge in [-0.25, -0.2) is 9.97 Å². The number of nitrogens with zero attached hydrogens (tertiary/aromatic N) is 3. The van der Waals surface area contributed by atoms with Gasteiger partial charge in [-0.1, -0.05) is 24.3 Å². The molecule has 3 aromatic rings. The lowest BCUT2D eigenvalue weighted by molar-refractivity contribution is 0.0945. The van der Waals surface area contributed by atoms with Crippen molar-refractivity contribution < 1.29 is 14.3 Å². The Morgan fingerprint density at radius 2 is 1.77 bits per heavy atom. The second-order valence-electron chi connectivity index (χ2n) is 5.29. The van der Waals surface area contributed by atoms with Gasteiger partial charge >= 0.3 is 0 Å². The molecule has 7 nitrogen and oxygen atoms in total. The minimum Gasteiger partial charge on any atom is -0.490 e. The molecular weight excluding hydrogens is 332 g/mol. The molecule has 1 amide bonds. The molecule has 1 N–H and O–H groups in total. The van der Waals surface area contributed by atoms with Crippen LogP contribution in [0.4, 0.5) is 0 Å². The van der Waals surface area contributed by atoms with E-state index in [1.807, 2.05) is 36.4 Å². The zero-order valence-corrected chi connectivity index (χ0v) is 14.0. The van der Waals surface area contributed by atoms with E-state index in [0.29, 0.717) is 25.6 Å². The largest absolute Gasteiger partial charge is 0.490 e. The topological polar surface area (TPSA) is 86.2 Å². The van der Waals surface area contributed by atoms with Crippen molar-refractivity contribution in [3.8, 4) is 11.6 Å². The molecule has 7 heteroatoms. The van der Waals surface area contributed by atoms with Gasteiger partial charge in [-0.3, -0.25) is 9.78 Å². The van der Waals surface area contributed by atoms with Crippen molar-refractivity contribution in [3.63, 3.8) is 0 Å². The van der Waals surface area contributed by atoms with Crippen LogP contribution in [0.5, 0.6) is 11.6 Å². The Labute approximate surface area is 151 Å². The van der Waals surface area contributed by atoms with Crippen molar-refractivity contribution in [2.45, 2.75) is 6.54 Å². The van der Waals surface area contributed by atoms with Crippen molar-refractivity contribution in [1.82, 2.24) is 20.3 Å². The predicted molar refractivity (Wildman–Crippen MR) is 94.9 cm³/mol. The van der Waals surface area contributed by atoms with Crippen LogP contribution in [0.2, 0.25) is 0 Å². The Hall–Kier alpha value is -3.48. The molecule has 0 fully saturated rings. The molecule has 0 aliphatic heterocycles. The summed E-state index contributed by atoms with van der Waals surface area (Å²) in [6.07, 6.45) is 6.07. The van der Waals surface area contributed by atoms with E-state index in [-0.39, 0.29) is 11.6 Å². The van der Waals surface area contributed by atoms with Crippen molar-refractivity contribution in [2.75, 3.05) is 13.2 Å². The molecule has 0 saturated carbocycles. The fourth-order valence-corrected chi connectivity index (χ4v) is 2.11. The number of hydrogen-bond acceptors (Lipinski definition) is 6. The maximum atomic E-state index is 11.9. The number of rotatable bonds is 8. The molecule has 3 rings (SSSR count). The van der Waals surface area contributed by atoms with Crippen LogP contribution < -0.4 is 14.8 Å². The molecule has 2 aromatic heterocycles. The van der Waals surface area contributed by atoms with Crippen molar-refractivity contribution in [3.05, 3.63) is 78.5 Å². The van der Waals surface area contributed by atoms with Gasteiger partial charge in [0, 0.05) is 31.2 Å². The molecule has 0 aliphatic carbocycles. The van der Waals surface area contributed by atoms with Gasteiger partial charge in [0.25, 0.3) is 5.91 Å². The van der Waals surface area contributed by atoms with Gasteiger partial charge < -0.3 is 14.8 Å². The van der Waals surface area contributed by atoms with Crippen LogP contribution in [0, 0.1) is 0 Å². The number of carbonyl (C=O) groups is 1. The number of carbonyl (C=O) groups excluding carboxylic acids is 1. The minimum absolute atomic E-state index is 0.277. The highest BCUT2D eigenvalue weighted by Gasteiger charge is 2.06. The van der Waals surface area contributed by atoms with Gasteiger partial charge in [0.1, 0.15) is 24.7 Å². The first-order valence-electron chi connectivity index (χ1n) is 8.11. The van der Waals surface area contributed by atoms with Crippen LogP contribution in [-0.2, 0) is 6.54 Å². The summed E-state index contributed by atoms with van der Waals surface area (Å²) in [6, 6.07) is 13.2. The van der Waals surface area contributed by atoms with Gasteiger partial charge in [-0.05, 0) is 17.7 Å². The quantitative estimate of drug-likeness (QED) is 0.627. The normalized spacial score (nSPS) is 10.2. The first kappa shape index (κ1) is 17.3. The lowest BCUT2D eigenvalue weighted by atomic mass is 10.3. The summed E-state index contributed by atoms with van der Waals surface area (Å²) in [7, 11) is 0. The number of amides is 1. The summed E-state index contributed by atoms with van der Waals surface area (Å²) < 4.78 is 11.1. The van der Waals surface area contributed by atoms with Crippen LogP contribution in [0.1, 0.15) is 16.1 Å². The van der Waals surface area contributed by atoms with Gasteiger partial charge in [0.05, 0.1) is 6.20 Å². The van der Waals surface area contributed by atoms with Gasteiger partial charge in [0.2, 0.25) is 5.88 Å². The van der Waals surface area contributed by atoms with Gasteiger partial charge in [-0.15, -0.1) is 0 Å². The number of aromatic nitrogens is 3. The highest BCUT2D eigenvalue weighted by atomic mass is 16.5. The Kier molecular flexibility index (Phi) is 6.09. The molecule has 0 bridgehead atoms. The average Bonchev–Trinajstić information content (AvgIpc) is 2.72. The summed E-state index contributed by atoms with van der Waals surface area (Å²) in [5.74, 6) is 1.03. The van der Waals surface area contributed by atoms with Crippen molar-refractivity contribution in [1.29, 1.82) is 0 Å². The lowest BCUT2D eigenvalue weighted by Crippen LogP contribution is -2.23. The van der Waals surface area contributed by atoms with E-state index in [1.54, 1.807) is 12.3 Å². The second kappa shape index (κ2) is 9.12. The third-order valence-electron chi connectivity index (χ3n) is 3.39. The standard InChI is InChI=1S/C19H18N4O3/c24-19(17-14-20-8-9-21-17)23-13-15-6-7-18(22-12-15)26-11-10-25-16-4-2-1-3-5-16/h1-9,12,14H,10-11,13H2,(H,23,24). The van der Waals surface area contributed by atoms with Crippen LogP contribution >= 0.6 is 0 Å². The first-order chi connectivity index (χ1) is 12.8. The average molecular weight is 350 g/mol. The SMILES string of the molecule is O=C(NCc1ccc(OCCOc2ccccc2)nc1)c1cnccn1. The van der Waals surface area contributed by atoms with Crippen molar-refractivity contribution >= 4 is 5.91 Å². The van der Waals surface area contributed by atoms with E-state index in [4.69, 9.17) is 9.47 Å². The molecule has 0 atom stereocenters. The Balaban J connectivity index is 1.40. The molecule has 0 unspecified atom stereocenters. The molecule has 1 aromatic carbocycles. The highest BCUT2D eigenvalue weighted by Crippen LogP contribution is 2.10. The zero-order valence-electron chi connectivity index (χ0n) is 14.0. The Morgan fingerprint density at radius 3 is 2.50 bits per heavy atom. The predicted octanol–water partition coefficient (Wildman–Crippen LogP) is 2.26. The molecular formula is C19H18N4O3. The van der Waals surface area contributed by atoms with Crippen molar-refractivity contribution in [2.24, 2.45) is 0 Å². The molecule has 0 aliphatic rings. The monoisotopic (exact) mass is 350 g/mol. The molecule has 26 heavy (non-hydrogen) atoms. The number of nitrogens with one attached hydrogen (secondary N) is 1. The Bertz CT molecular complexity index is 811. The number of pyridine rings is 1. The molecule has 2 heterocycles. The smallest absolute Gasteiger partial charge is 0.271 e. The molecule has 0 spiro atoms. The van der Waals surface area contributed by atoms with E-state index < -0.39 is 0 Å². The Morgan fingerprint density at radius 1 is 0.923 bits per heavy atom. The number of para-hydroxylation sites is 1. The maximum absolute atomic E-state index is 11.9. The molecule has 0 saturated heterocycles. The van der Waals surface area contributed by atoms with Gasteiger partial charge in [-0.2, -0.15) is 0 Å². The third-order valence-corrected chi connectivity index (χ3v) is 3.39. The van der Waals surface area contributed by atoms with Crippen LogP contribution in [-0.4, -0.2) is 34.1 Å². The van der Waals surface area contributed by atoms with Crippen LogP contribution in [0.15, 0.2) is 67.3 Å². The lowest BCUT2D eigenvalue weighted by Gasteiger charge is -2.08. The first-order valence-corrected chi connectivity index (χ1v) is 8.11.